The van der Waals surface area contributed by atoms with Gasteiger partial charge in [-0.2, -0.15) is 5.10 Å². The smallest absolute Gasteiger partial charge is 0.267 e. The summed E-state index contributed by atoms with van der Waals surface area (Å²) in [6.45, 7) is 0.686. The quantitative estimate of drug-likeness (QED) is 0.924. The lowest BCUT2D eigenvalue weighted by Gasteiger charge is -2.19. The van der Waals surface area contributed by atoms with E-state index in [2.05, 4.69) is 10.4 Å². The third kappa shape index (κ3) is 2.99. The second-order valence-electron chi connectivity index (χ2n) is 4.59. The molecule has 6 nitrogen and oxygen atoms in total. The van der Waals surface area contributed by atoms with Crippen LogP contribution in [0.15, 0.2) is 35.3 Å². The van der Waals surface area contributed by atoms with Gasteiger partial charge in [0.2, 0.25) is 0 Å². The van der Waals surface area contributed by atoms with Crippen LogP contribution in [0, 0.1) is 0 Å². The van der Waals surface area contributed by atoms with Crippen molar-refractivity contribution in [3.05, 3.63) is 50.0 Å². The molecule has 1 saturated heterocycles. The summed E-state index contributed by atoms with van der Waals surface area (Å²) in [7, 11) is 0. The average Bonchev–Trinajstić information content (AvgIpc) is 3.08. The Kier molecular flexibility index (Phi) is 4.05. The Morgan fingerprint density at radius 1 is 1.43 bits per heavy atom. The molecule has 2 atom stereocenters. The number of hydrogen-bond acceptors (Lipinski definition) is 5. The van der Waals surface area contributed by atoms with E-state index < -0.39 is 0 Å². The SMILES string of the molecule is O=C(NC1COCC1n1ncccc1=O)c1ccc(Cl)s1. The van der Waals surface area contributed by atoms with Crippen LogP contribution in [0.3, 0.4) is 0 Å². The van der Waals surface area contributed by atoms with Crippen molar-refractivity contribution >= 4 is 28.8 Å². The maximum atomic E-state index is 12.2. The summed E-state index contributed by atoms with van der Waals surface area (Å²) < 4.78 is 7.29. The highest BCUT2D eigenvalue weighted by Crippen LogP contribution is 2.23. The summed E-state index contributed by atoms with van der Waals surface area (Å²) in [6, 6.07) is 5.75. The van der Waals surface area contributed by atoms with E-state index in [0.717, 1.165) is 0 Å². The molecule has 1 aliphatic heterocycles. The minimum absolute atomic E-state index is 0.216. The van der Waals surface area contributed by atoms with Crippen LogP contribution in [0.1, 0.15) is 15.7 Å². The van der Waals surface area contributed by atoms with Gasteiger partial charge in [-0.15, -0.1) is 11.3 Å². The zero-order chi connectivity index (χ0) is 14.8. The van der Waals surface area contributed by atoms with Gasteiger partial charge in [0, 0.05) is 12.3 Å². The Balaban J connectivity index is 1.77. The van der Waals surface area contributed by atoms with Crippen LogP contribution in [0.25, 0.3) is 0 Å². The van der Waals surface area contributed by atoms with Crippen LogP contribution in [-0.4, -0.2) is 34.9 Å². The van der Waals surface area contributed by atoms with E-state index >= 15 is 0 Å². The van der Waals surface area contributed by atoms with Gasteiger partial charge in [-0.3, -0.25) is 9.59 Å². The average molecular weight is 326 g/mol. The second kappa shape index (κ2) is 5.97. The highest BCUT2D eigenvalue weighted by atomic mass is 35.5. The Labute approximate surface area is 129 Å². The molecular formula is C13H12ClN3O3S. The molecule has 0 saturated carbocycles. The van der Waals surface area contributed by atoms with E-state index in [0.29, 0.717) is 22.4 Å². The molecule has 3 rings (SSSR count). The number of hydrogen-bond donors (Lipinski definition) is 1. The van der Waals surface area contributed by atoms with Crippen molar-refractivity contribution in [2.45, 2.75) is 12.1 Å². The monoisotopic (exact) mass is 325 g/mol. The van der Waals surface area contributed by atoms with Crippen molar-refractivity contribution in [3.8, 4) is 0 Å². The summed E-state index contributed by atoms with van der Waals surface area (Å²) in [5, 5.41) is 6.92. The van der Waals surface area contributed by atoms with Crippen molar-refractivity contribution in [2.24, 2.45) is 0 Å². The first-order valence-electron chi connectivity index (χ1n) is 6.33. The van der Waals surface area contributed by atoms with Crippen LogP contribution in [0.4, 0.5) is 0 Å². The van der Waals surface area contributed by atoms with Crippen LogP contribution in [0.2, 0.25) is 4.34 Å². The maximum absolute atomic E-state index is 12.2. The first kappa shape index (κ1) is 14.2. The number of thiophene rings is 1. The predicted octanol–water partition coefficient (Wildman–Crippen LogP) is 1.33. The van der Waals surface area contributed by atoms with Gasteiger partial charge in [0.25, 0.3) is 11.5 Å². The van der Waals surface area contributed by atoms with Gasteiger partial charge in [0.15, 0.2) is 0 Å². The van der Waals surface area contributed by atoms with Gasteiger partial charge in [-0.05, 0) is 18.2 Å². The van der Waals surface area contributed by atoms with Crippen molar-refractivity contribution in [1.29, 1.82) is 0 Å². The summed E-state index contributed by atoms with van der Waals surface area (Å²) >= 11 is 7.03. The summed E-state index contributed by atoms with van der Waals surface area (Å²) in [5.41, 5.74) is -0.216. The van der Waals surface area contributed by atoms with E-state index in [-0.39, 0.29) is 23.6 Å². The second-order valence-corrected chi connectivity index (χ2v) is 6.31. The lowest BCUT2D eigenvalue weighted by Crippen LogP contribution is -2.43. The van der Waals surface area contributed by atoms with Gasteiger partial charge in [-0.25, -0.2) is 4.68 Å². The third-order valence-corrected chi connectivity index (χ3v) is 4.45. The molecule has 2 unspecified atom stereocenters. The maximum Gasteiger partial charge on any atom is 0.267 e. The van der Waals surface area contributed by atoms with Gasteiger partial charge < -0.3 is 10.1 Å². The van der Waals surface area contributed by atoms with Gasteiger partial charge in [0.1, 0.15) is 6.04 Å². The minimum atomic E-state index is -0.307. The Bertz CT molecular complexity index is 714. The van der Waals surface area contributed by atoms with E-state index in [1.807, 2.05) is 0 Å². The third-order valence-electron chi connectivity index (χ3n) is 3.22. The van der Waals surface area contributed by atoms with Crippen molar-refractivity contribution in [2.75, 3.05) is 13.2 Å². The highest BCUT2D eigenvalue weighted by molar-refractivity contribution is 7.17. The molecule has 110 valence electrons. The molecule has 0 aliphatic carbocycles. The van der Waals surface area contributed by atoms with E-state index in [1.165, 1.54) is 28.3 Å². The number of carbonyl (C=O) groups excluding carboxylic acids is 1. The molecule has 1 N–H and O–H groups in total. The molecule has 3 heterocycles. The Morgan fingerprint density at radius 2 is 2.29 bits per heavy atom. The van der Waals surface area contributed by atoms with Crippen LogP contribution < -0.4 is 10.9 Å². The fourth-order valence-electron chi connectivity index (χ4n) is 2.22. The molecule has 0 aromatic carbocycles. The number of amides is 1. The molecular weight excluding hydrogens is 314 g/mol. The van der Waals surface area contributed by atoms with Crippen LogP contribution in [0.5, 0.6) is 0 Å². The number of halogens is 1. The van der Waals surface area contributed by atoms with Crippen molar-refractivity contribution in [1.82, 2.24) is 15.1 Å². The Morgan fingerprint density at radius 3 is 3.00 bits per heavy atom. The van der Waals surface area contributed by atoms with Gasteiger partial charge in [-0.1, -0.05) is 11.6 Å². The zero-order valence-corrected chi connectivity index (χ0v) is 12.4. The van der Waals surface area contributed by atoms with E-state index in [1.54, 1.807) is 18.2 Å². The van der Waals surface area contributed by atoms with Gasteiger partial charge in [0.05, 0.1) is 28.5 Å². The standard InChI is InChI=1S/C13H12ClN3O3S/c14-11-4-3-10(21-11)13(19)16-8-6-20-7-9(8)17-12(18)2-1-5-15-17/h1-5,8-9H,6-7H2,(H,16,19). The van der Waals surface area contributed by atoms with Crippen LogP contribution >= 0.6 is 22.9 Å². The molecule has 0 bridgehead atoms. The van der Waals surface area contributed by atoms with Gasteiger partial charge >= 0.3 is 0 Å². The topological polar surface area (TPSA) is 73.2 Å². The number of aromatic nitrogens is 2. The predicted molar refractivity (Wildman–Crippen MR) is 78.9 cm³/mol. The molecule has 1 aliphatic rings. The van der Waals surface area contributed by atoms with E-state index in [9.17, 15) is 9.59 Å². The summed E-state index contributed by atoms with van der Waals surface area (Å²) in [6.07, 6.45) is 1.54. The normalized spacial score (nSPS) is 21.4. The van der Waals surface area contributed by atoms with E-state index in [4.69, 9.17) is 16.3 Å². The summed E-state index contributed by atoms with van der Waals surface area (Å²) in [4.78, 5) is 24.5. The number of carbonyl (C=O) groups is 1. The fourth-order valence-corrected chi connectivity index (χ4v) is 3.16. The first-order chi connectivity index (χ1) is 10.1. The molecule has 0 spiro atoms. The number of nitrogens with one attached hydrogen (secondary N) is 1. The highest BCUT2D eigenvalue weighted by Gasteiger charge is 2.32. The molecule has 2 aromatic rings. The molecule has 1 fully saturated rings. The molecule has 0 radical (unpaired) electrons. The van der Waals surface area contributed by atoms with Crippen molar-refractivity contribution in [3.63, 3.8) is 0 Å². The molecule has 8 heteroatoms. The largest absolute Gasteiger partial charge is 0.377 e. The zero-order valence-electron chi connectivity index (χ0n) is 10.9. The molecule has 1 amide bonds. The summed E-state index contributed by atoms with van der Waals surface area (Å²) in [5.74, 6) is -0.226. The number of rotatable bonds is 3. The Hall–Kier alpha value is -1.70. The lowest BCUT2D eigenvalue weighted by molar-refractivity contribution is 0.0929. The number of nitrogens with zero attached hydrogens (tertiary/aromatic N) is 2. The van der Waals surface area contributed by atoms with Crippen molar-refractivity contribution < 1.29 is 9.53 Å². The molecule has 21 heavy (non-hydrogen) atoms. The first-order valence-corrected chi connectivity index (χ1v) is 7.52. The minimum Gasteiger partial charge on any atom is -0.377 e. The fraction of sp³-hybridized carbons (Fsp3) is 0.308. The van der Waals surface area contributed by atoms with Crippen LogP contribution in [-0.2, 0) is 4.74 Å². The lowest BCUT2D eigenvalue weighted by atomic mass is 10.1. The molecule has 2 aromatic heterocycles. The number of ether oxygens (including phenoxy) is 1.